The Hall–Kier alpha value is -0.530. The molecule has 0 bridgehead atoms. The molecule has 0 aromatic rings. The lowest BCUT2D eigenvalue weighted by molar-refractivity contribution is -0.157. The molecule has 0 spiro atoms. The van der Waals surface area contributed by atoms with E-state index in [1.807, 2.05) is 6.92 Å². The van der Waals surface area contributed by atoms with Gasteiger partial charge in [0.25, 0.3) is 0 Å². The minimum absolute atomic E-state index is 0.129. The number of hydrogen-bond acceptors (Lipinski definition) is 2. The van der Waals surface area contributed by atoms with E-state index in [-0.39, 0.29) is 11.4 Å². The van der Waals surface area contributed by atoms with Crippen LogP contribution in [0.2, 0.25) is 0 Å². The maximum absolute atomic E-state index is 13.6. The van der Waals surface area contributed by atoms with Crippen molar-refractivity contribution in [3.8, 4) is 0 Å². The molecule has 0 fully saturated rings. The molecule has 48 heavy (non-hydrogen) atoms. The average molecular weight is 677 g/mol. The molecule has 0 N–H and O–H groups in total. The third-order valence-electron chi connectivity index (χ3n) is 11.8. The van der Waals surface area contributed by atoms with Gasteiger partial charge in [0.15, 0.2) is 0 Å². The second-order valence-corrected chi connectivity index (χ2v) is 16.2. The molecule has 288 valence electrons. The summed E-state index contributed by atoms with van der Waals surface area (Å²) in [6.07, 6.45) is 48.1. The van der Waals surface area contributed by atoms with Crippen LogP contribution < -0.4 is 0 Å². The third kappa shape index (κ3) is 25.4. The predicted molar refractivity (Wildman–Crippen MR) is 216 cm³/mol. The van der Waals surface area contributed by atoms with Crippen molar-refractivity contribution in [2.45, 2.75) is 273 Å². The Bertz CT molecular complexity index is 604. The quantitative estimate of drug-likeness (QED) is 0.0478. The van der Waals surface area contributed by atoms with Gasteiger partial charge in [-0.25, -0.2) is 0 Å². The zero-order valence-corrected chi connectivity index (χ0v) is 34.5. The fourth-order valence-electron chi connectivity index (χ4n) is 8.48. The van der Waals surface area contributed by atoms with E-state index in [0.29, 0.717) is 12.0 Å². The van der Waals surface area contributed by atoms with Gasteiger partial charge in [-0.1, -0.05) is 221 Å². The Morgan fingerprint density at radius 3 is 0.792 bits per heavy atom. The van der Waals surface area contributed by atoms with Crippen LogP contribution in [0.15, 0.2) is 0 Å². The molecule has 0 rings (SSSR count). The summed E-state index contributed by atoms with van der Waals surface area (Å²) in [4.78, 5) is 13.6. The van der Waals surface area contributed by atoms with Crippen LogP contribution in [0.25, 0.3) is 0 Å². The zero-order valence-electron chi connectivity index (χ0n) is 34.5. The van der Waals surface area contributed by atoms with Crippen molar-refractivity contribution in [2.75, 3.05) is 6.61 Å². The lowest BCUT2D eigenvalue weighted by Crippen LogP contribution is -2.33. The minimum Gasteiger partial charge on any atom is -0.466 e. The number of hydrogen-bond donors (Lipinski definition) is 0. The Kier molecular flexibility index (Phi) is 34.5. The van der Waals surface area contributed by atoms with Crippen molar-refractivity contribution in [3.05, 3.63) is 0 Å². The average Bonchev–Trinajstić information content (AvgIpc) is 3.09. The van der Waals surface area contributed by atoms with Crippen LogP contribution >= 0.6 is 0 Å². The summed E-state index contributed by atoms with van der Waals surface area (Å²) in [6, 6.07) is 0. The first-order valence-corrected chi connectivity index (χ1v) is 22.7. The van der Waals surface area contributed by atoms with Gasteiger partial charge in [0.1, 0.15) is 0 Å². The Balaban J connectivity index is 5.43. The van der Waals surface area contributed by atoms with E-state index >= 15 is 0 Å². The van der Waals surface area contributed by atoms with Crippen molar-refractivity contribution in [2.24, 2.45) is 10.8 Å². The lowest BCUT2D eigenvalue weighted by Gasteiger charge is -2.35. The van der Waals surface area contributed by atoms with Crippen molar-refractivity contribution >= 4 is 5.97 Å². The van der Waals surface area contributed by atoms with Gasteiger partial charge in [0.05, 0.1) is 12.0 Å². The topological polar surface area (TPSA) is 26.3 Å². The monoisotopic (exact) mass is 677 g/mol. The third-order valence-corrected chi connectivity index (χ3v) is 11.8. The molecule has 2 nitrogen and oxygen atoms in total. The lowest BCUT2D eigenvalue weighted by atomic mass is 9.70. The van der Waals surface area contributed by atoms with E-state index in [4.69, 9.17) is 4.74 Å². The largest absolute Gasteiger partial charge is 0.466 e. The molecule has 0 aliphatic heterocycles. The highest BCUT2D eigenvalue weighted by atomic mass is 16.5. The Morgan fingerprint density at radius 1 is 0.333 bits per heavy atom. The van der Waals surface area contributed by atoms with Crippen LogP contribution in [0.4, 0.5) is 0 Å². The first-order valence-electron chi connectivity index (χ1n) is 22.7. The highest BCUT2D eigenvalue weighted by Gasteiger charge is 2.38. The van der Waals surface area contributed by atoms with Gasteiger partial charge in [0.2, 0.25) is 0 Å². The molecule has 0 aromatic heterocycles. The van der Waals surface area contributed by atoms with Crippen LogP contribution in [0.3, 0.4) is 0 Å². The van der Waals surface area contributed by atoms with Gasteiger partial charge >= 0.3 is 5.97 Å². The van der Waals surface area contributed by atoms with E-state index in [9.17, 15) is 4.79 Å². The number of esters is 1. The summed E-state index contributed by atoms with van der Waals surface area (Å²) < 4.78 is 5.83. The van der Waals surface area contributed by atoms with Gasteiger partial charge in [-0.05, 0) is 57.3 Å². The fourth-order valence-corrected chi connectivity index (χ4v) is 8.48. The van der Waals surface area contributed by atoms with E-state index in [1.165, 1.54) is 212 Å². The van der Waals surface area contributed by atoms with Crippen molar-refractivity contribution in [1.82, 2.24) is 0 Å². The van der Waals surface area contributed by atoms with Gasteiger partial charge in [-0.3, -0.25) is 4.79 Å². The van der Waals surface area contributed by atoms with Crippen LogP contribution in [-0.4, -0.2) is 12.6 Å². The van der Waals surface area contributed by atoms with Gasteiger partial charge < -0.3 is 4.74 Å². The molecular formula is C46H92O2. The number of ether oxygens (including phenoxy) is 1. The van der Waals surface area contributed by atoms with Crippen LogP contribution in [0.1, 0.15) is 273 Å². The zero-order chi connectivity index (χ0) is 35.4. The molecule has 0 aromatic carbocycles. The second-order valence-electron chi connectivity index (χ2n) is 16.2. The Morgan fingerprint density at radius 2 is 0.562 bits per heavy atom. The number of rotatable bonds is 39. The first kappa shape index (κ1) is 47.5. The maximum Gasteiger partial charge on any atom is 0.312 e. The molecule has 2 heteroatoms. The summed E-state index contributed by atoms with van der Waals surface area (Å²) in [6.45, 7) is 14.1. The second kappa shape index (κ2) is 34.9. The van der Waals surface area contributed by atoms with Crippen LogP contribution in [0.5, 0.6) is 0 Å². The molecule has 0 saturated heterocycles. The molecule has 0 saturated carbocycles. The van der Waals surface area contributed by atoms with Crippen molar-refractivity contribution in [3.63, 3.8) is 0 Å². The Labute approximate surface area is 304 Å². The summed E-state index contributed by atoms with van der Waals surface area (Å²) in [5.41, 5.74) is 0.337. The van der Waals surface area contributed by atoms with Crippen molar-refractivity contribution in [1.29, 1.82) is 0 Å². The number of unbranched alkanes of at least 4 members (excludes halogenated alkanes) is 23. The van der Waals surface area contributed by atoms with E-state index in [0.717, 1.165) is 19.3 Å². The highest BCUT2D eigenvalue weighted by molar-refractivity contribution is 5.76. The predicted octanol–water partition coefficient (Wildman–Crippen LogP) is 16.7. The molecule has 0 radical (unpaired) electrons. The summed E-state index contributed by atoms with van der Waals surface area (Å²) in [5.74, 6) is 0.129. The van der Waals surface area contributed by atoms with E-state index < -0.39 is 0 Å². The van der Waals surface area contributed by atoms with Crippen LogP contribution in [-0.2, 0) is 9.53 Å². The molecule has 0 aliphatic rings. The minimum atomic E-state index is -0.242. The van der Waals surface area contributed by atoms with E-state index in [2.05, 4.69) is 34.6 Å². The molecular weight excluding hydrogens is 585 g/mol. The first-order chi connectivity index (χ1) is 23.5. The molecule has 0 atom stereocenters. The smallest absolute Gasteiger partial charge is 0.312 e. The number of carbonyl (C=O) groups is 1. The highest BCUT2D eigenvalue weighted by Crippen LogP contribution is 2.43. The SMILES string of the molecule is CCCCCCCC(CCCCCCC)(CCCCCCC)CCCCCCC(CCCCCCC)(CCCCCCC)C(=O)OCC. The normalized spacial score (nSPS) is 12.2. The van der Waals surface area contributed by atoms with E-state index in [1.54, 1.807) is 0 Å². The standard InChI is InChI=1S/C46H92O2/c1-7-13-18-23-30-37-45(38-31-24-19-14-8-2,39-32-25-20-15-9-3)40-33-28-29-36-43-46(44(47)48-12-6,41-34-26-21-16-10-4)42-35-27-22-17-11-5/h7-43H2,1-6H3. The van der Waals surface area contributed by atoms with Gasteiger partial charge in [-0.15, -0.1) is 0 Å². The molecule has 0 unspecified atom stereocenters. The number of carbonyl (C=O) groups excluding carboxylic acids is 1. The van der Waals surface area contributed by atoms with Crippen molar-refractivity contribution < 1.29 is 9.53 Å². The summed E-state index contributed by atoms with van der Waals surface area (Å²) in [7, 11) is 0. The van der Waals surface area contributed by atoms with Gasteiger partial charge in [0, 0.05) is 0 Å². The maximum atomic E-state index is 13.6. The van der Waals surface area contributed by atoms with Gasteiger partial charge in [-0.2, -0.15) is 0 Å². The molecule has 0 amide bonds. The summed E-state index contributed by atoms with van der Waals surface area (Å²) in [5, 5.41) is 0. The van der Waals surface area contributed by atoms with Crippen LogP contribution in [0, 0.1) is 10.8 Å². The fraction of sp³-hybridized carbons (Fsp3) is 0.978. The molecule has 0 heterocycles. The molecule has 0 aliphatic carbocycles. The summed E-state index contributed by atoms with van der Waals surface area (Å²) >= 11 is 0.